The first kappa shape index (κ1) is 17.0. The van der Waals surface area contributed by atoms with E-state index in [2.05, 4.69) is 10.4 Å². The minimum atomic E-state index is -0.303. The van der Waals surface area contributed by atoms with Crippen molar-refractivity contribution in [2.24, 2.45) is 0 Å². The molecule has 0 saturated heterocycles. The van der Waals surface area contributed by atoms with E-state index in [4.69, 9.17) is 23.2 Å². The standard InChI is InChI=1S/C17H17Cl2N3O2/c18-12-5-6-13(14(19)10-12)17(24)20-7-8-22-16(23)9-11-3-1-2-4-15(11)21-22/h5-6,9-10H,1-4,7-8H2,(H,20,24). The van der Waals surface area contributed by atoms with Crippen LogP contribution in [-0.2, 0) is 19.4 Å². The minimum absolute atomic E-state index is 0.130. The Morgan fingerprint density at radius 3 is 2.79 bits per heavy atom. The van der Waals surface area contributed by atoms with Crippen molar-refractivity contribution >= 4 is 29.1 Å². The van der Waals surface area contributed by atoms with Gasteiger partial charge in [-0.15, -0.1) is 0 Å². The largest absolute Gasteiger partial charge is 0.350 e. The van der Waals surface area contributed by atoms with Crippen LogP contribution < -0.4 is 10.9 Å². The third-order valence-corrected chi connectivity index (χ3v) is 4.61. The summed E-state index contributed by atoms with van der Waals surface area (Å²) < 4.78 is 1.41. The van der Waals surface area contributed by atoms with Gasteiger partial charge in [-0.1, -0.05) is 23.2 Å². The fourth-order valence-corrected chi connectivity index (χ4v) is 3.30. The lowest BCUT2D eigenvalue weighted by Crippen LogP contribution is -2.33. The maximum atomic E-state index is 12.1. The van der Waals surface area contributed by atoms with E-state index in [0.29, 0.717) is 28.7 Å². The van der Waals surface area contributed by atoms with Crippen molar-refractivity contribution in [3.63, 3.8) is 0 Å². The van der Waals surface area contributed by atoms with Crippen molar-refractivity contribution < 1.29 is 4.79 Å². The Morgan fingerprint density at radius 2 is 2.00 bits per heavy atom. The Balaban J connectivity index is 1.64. The molecule has 1 aliphatic rings. The molecule has 2 aromatic rings. The summed E-state index contributed by atoms with van der Waals surface area (Å²) in [7, 11) is 0. The molecule has 1 N–H and O–H groups in total. The highest BCUT2D eigenvalue weighted by atomic mass is 35.5. The van der Waals surface area contributed by atoms with E-state index < -0.39 is 0 Å². The number of aryl methyl sites for hydroxylation is 2. The van der Waals surface area contributed by atoms with Crippen LogP contribution in [0.1, 0.15) is 34.5 Å². The molecule has 0 aliphatic heterocycles. The van der Waals surface area contributed by atoms with Gasteiger partial charge in [0.2, 0.25) is 0 Å². The highest BCUT2D eigenvalue weighted by molar-refractivity contribution is 6.36. The molecule has 0 radical (unpaired) electrons. The highest BCUT2D eigenvalue weighted by Gasteiger charge is 2.14. The Hall–Kier alpha value is -1.85. The molecular formula is C17H17Cl2N3O2. The summed E-state index contributed by atoms with van der Waals surface area (Å²) in [6.07, 6.45) is 4.03. The molecule has 0 bridgehead atoms. The van der Waals surface area contributed by atoms with Crippen LogP contribution >= 0.6 is 23.2 Å². The summed E-state index contributed by atoms with van der Waals surface area (Å²) in [6, 6.07) is 6.37. The van der Waals surface area contributed by atoms with Crippen molar-refractivity contribution in [1.29, 1.82) is 0 Å². The Kier molecular flexibility index (Phi) is 5.21. The highest BCUT2D eigenvalue weighted by Crippen LogP contribution is 2.20. The fourth-order valence-electron chi connectivity index (χ4n) is 2.81. The first-order chi connectivity index (χ1) is 11.5. The van der Waals surface area contributed by atoms with Gasteiger partial charge in [-0.3, -0.25) is 9.59 Å². The zero-order valence-electron chi connectivity index (χ0n) is 13.0. The number of nitrogens with one attached hydrogen (secondary N) is 1. The predicted molar refractivity (Wildman–Crippen MR) is 93.9 cm³/mol. The average molecular weight is 366 g/mol. The number of carbonyl (C=O) groups excluding carboxylic acids is 1. The molecule has 1 aliphatic carbocycles. The van der Waals surface area contributed by atoms with Gasteiger partial charge in [0.05, 0.1) is 22.8 Å². The smallest absolute Gasteiger partial charge is 0.267 e. The van der Waals surface area contributed by atoms with E-state index >= 15 is 0 Å². The van der Waals surface area contributed by atoms with Gasteiger partial charge >= 0.3 is 0 Å². The number of fused-ring (bicyclic) bond motifs is 1. The molecule has 126 valence electrons. The van der Waals surface area contributed by atoms with E-state index in [1.807, 2.05) is 0 Å². The number of amides is 1. The van der Waals surface area contributed by atoms with E-state index in [1.165, 1.54) is 10.7 Å². The van der Waals surface area contributed by atoms with Crippen molar-refractivity contribution in [3.05, 3.63) is 61.5 Å². The van der Waals surface area contributed by atoms with Crippen molar-refractivity contribution in [3.8, 4) is 0 Å². The number of rotatable bonds is 4. The second kappa shape index (κ2) is 7.36. The van der Waals surface area contributed by atoms with Crippen LogP contribution in [0, 0.1) is 0 Å². The van der Waals surface area contributed by atoms with Crippen LogP contribution in [-0.4, -0.2) is 22.2 Å². The van der Waals surface area contributed by atoms with Gasteiger partial charge in [-0.25, -0.2) is 4.68 Å². The van der Waals surface area contributed by atoms with Gasteiger partial charge in [-0.05, 0) is 49.4 Å². The number of carbonyl (C=O) groups is 1. The topological polar surface area (TPSA) is 64.0 Å². The average Bonchev–Trinajstić information content (AvgIpc) is 2.55. The molecule has 1 aromatic carbocycles. The molecule has 7 heteroatoms. The number of benzene rings is 1. The van der Waals surface area contributed by atoms with Crippen molar-refractivity contribution in [1.82, 2.24) is 15.1 Å². The van der Waals surface area contributed by atoms with Gasteiger partial charge in [-0.2, -0.15) is 5.10 Å². The van der Waals surface area contributed by atoms with Gasteiger partial charge in [0.15, 0.2) is 0 Å². The van der Waals surface area contributed by atoms with E-state index in [1.54, 1.807) is 18.2 Å². The molecule has 0 spiro atoms. The van der Waals surface area contributed by atoms with E-state index in [-0.39, 0.29) is 11.5 Å². The zero-order chi connectivity index (χ0) is 17.1. The quantitative estimate of drug-likeness (QED) is 0.905. The van der Waals surface area contributed by atoms with Crippen LogP contribution in [0.25, 0.3) is 0 Å². The Labute approximate surface area is 149 Å². The van der Waals surface area contributed by atoms with Crippen molar-refractivity contribution in [2.45, 2.75) is 32.2 Å². The number of aromatic nitrogens is 2. The molecule has 0 unspecified atom stereocenters. The molecule has 0 atom stereocenters. The second-order valence-electron chi connectivity index (χ2n) is 5.76. The van der Waals surface area contributed by atoms with Crippen molar-refractivity contribution in [2.75, 3.05) is 6.54 Å². The summed E-state index contributed by atoms with van der Waals surface area (Å²) in [4.78, 5) is 24.2. The lowest BCUT2D eigenvalue weighted by molar-refractivity contribution is 0.0952. The molecule has 5 nitrogen and oxygen atoms in total. The summed E-state index contributed by atoms with van der Waals surface area (Å²) in [5, 5.41) is 7.94. The summed E-state index contributed by atoms with van der Waals surface area (Å²) in [6.45, 7) is 0.618. The second-order valence-corrected chi connectivity index (χ2v) is 6.61. The lowest BCUT2D eigenvalue weighted by atomic mass is 9.97. The molecule has 24 heavy (non-hydrogen) atoms. The Bertz CT molecular complexity index is 833. The summed E-state index contributed by atoms with van der Waals surface area (Å²) in [5.74, 6) is -0.303. The zero-order valence-corrected chi connectivity index (χ0v) is 14.5. The lowest BCUT2D eigenvalue weighted by Gasteiger charge is -2.16. The summed E-state index contributed by atoms with van der Waals surface area (Å²) in [5.41, 5.74) is 2.27. The molecule has 0 fully saturated rings. The fraction of sp³-hybridized carbons (Fsp3) is 0.353. The molecular weight excluding hydrogens is 349 g/mol. The summed E-state index contributed by atoms with van der Waals surface area (Å²) >= 11 is 11.8. The maximum Gasteiger partial charge on any atom is 0.267 e. The molecule has 1 amide bonds. The third kappa shape index (κ3) is 3.79. The Morgan fingerprint density at radius 1 is 1.21 bits per heavy atom. The monoisotopic (exact) mass is 365 g/mol. The van der Waals surface area contributed by atoms with Gasteiger partial charge in [0.25, 0.3) is 11.5 Å². The van der Waals surface area contributed by atoms with E-state index in [9.17, 15) is 9.59 Å². The predicted octanol–water partition coefficient (Wildman–Crippen LogP) is 2.86. The SMILES string of the molecule is O=C(NCCn1nc2c(cc1=O)CCCC2)c1ccc(Cl)cc1Cl. The van der Waals surface area contributed by atoms with Crippen LogP contribution in [0.15, 0.2) is 29.1 Å². The number of hydrogen-bond donors (Lipinski definition) is 1. The van der Waals surface area contributed by atoms with Gasteiger partial charge < -0.3 is 5.32 Å². The molecule has 1 heterocycles. The first-order valence-electron chi connectivity index (χ1n) is 7.88. The van der Waals surface area contributed by atoms with Gasteiger partial charge in [0, 0.05) is 17.6 Å². The van der Waals surface area contributed by atoms with Crippen LogP contribution in [0.3, 0.4) is 0 Å². The third-order valence-electron chi connectivity index (χ3n) is 4.06. The van der Waals surface area contributed by atoms with Crippen LogP contribution in [0.4, 0.5) is 0 Å². The molecule has 1 aromatic heterocycles. The van der Waals surface area contributed by atoms with Crippen LogP contribution in [0.2, 0.25) is 10.0 Å². The maximum absolute atomic E-state index is 12.1. The normalized spacial score (nSPS) is 13.4. The number of hydrogen-bond acceptors (Lipinski definition) is 3. The molecule has 0 saturated carbocycles. The minimum Gasteiger partial charge on any atom is -0.350 e. The molecule has 3 rings (SSSR count). The first-order valence-corrected chi connectivity index (χ1v) is 8.63. The van der Waals surface area contributed by atoms with Gasteiger partial charge in [0.1, 0.15) is 0 Å². The van der Waals surface area contributed by atoms with Crippen LogP contribution in [0.5, 0.6) is 0 Å². The van der Waals surface area contributed by atoms with E-state index in [0.717, 1.165) is 36.9 Å². The number of halogens is 2. The number of nitrogens with zero attached hydrogens (tertiary/aromatic N) is 2.